The summed E-state index contributed by atoms with van der Waals surface area (Å²) in [7, 11) is 3.13. The number of fused-ring (bicyclic) bond motifs is 1. The third kappa shape index (κ3) is 4.26. The Morgan fingerprint density at radius 3 is 2.50 bits per heavy atom. The van der Waals surface area contributed by atoms with Gasteiger partial charge in [0.15, 0.2) is 17.2 Å². The van der Waals surface area contributed by atoms with Gasteiger partial charge >= 0.3 is 5.97 Å². The summed E-state index contributed by atoms with van der Waals surface area (Å²) < 4.78 is 16.0. The van der Waals surface area contributed by atoms with Gasteiger partial charge in [-0.05, 0) is 29.8 Å². The van der Waals surface area contributed by atoms with Crippen LogP contribution in [-0.2, 0) is 4.79 Å². The molecular weight excluding hydrogens is 378 g/mol. The molecule has 3 aromatic rings. The second-order valence-corrected chi connectivity index (χ2v) is 6.36. The molecule has 3 rings (SSSR count). The van der Waals surface area contributed by atoms with Gasteiger partial charge in [-0.25, -0.2) is 4.98 Å². The standard InChI is InChI=1S/C22H20ClNO4/c1-4-21(25)28-18-7-5-6-14-8-10-16(24-22(14)18)11-9-15-12-19(26-2)20(27-3)13-17(15)23/h5-13H,4H2,1-3H3/b11-9+. The number of halogens is 1. The van der Waals surface area contributed by atoms with Crippen molar-refractivity contribution < 1.29 is 19.0 Å². The number of methoxy groups -OCH3 is 2. The van der Waals surface area contributed by atoms with Gasteiger partial charge in [-0.2, -0.15) is 0 Å². The van der Waals surface area contributed by atoms with Crippen LogP contribution < -0.4 is 14.2 Å². The lowest BCUT2D eigenvalue weighted by molar-refractivity contribution is -0.133. The second-order valence-electron chi connectivity index (χ2n) is 5.95. The maximum absolute atomic E-state index is 11.7. The Kier molecular flexibility index (Phi) is 6.16. The highest BCUT2D eigenvalue weighted by Crippen LogP contribution is 2.34. The lowest BCUT2D eigenvalue weighted by atomic mass is 10.1. The Morgan fingerprint density at radius 1 is 1.04 bits per heavy atom. The molecule has 0 bridgehead atoms. The van der Waals surface area contributed by atoms with Crippen molar-refractivity contribution in [2.75, 3.05) is 14.2 Å². The van der Waals surface area contributed by atoms with E-state index < -0.39 is 0 Å². The fraction of sp³-hybridized carbons (Fsp3) is 0.182. The van der Waals surface area contributed by atoms with E-state index in [0.29, 0.717) is 39.9 Å². The molecule has 0 aliphatic rings. The molecule has 5 nitrogen and oxygen atoms in total. The summed E-state index contributed by atoms with van der Waals surface area (Å²) in [6.07, 6.45) is 3.98. The average molecular weight is 398 g/mol. The third-order valence-corrected chi connectivity index (χ3v) is 4.48. The van der Waals surface area contributed by atoms with Crippen LogP contribution in [0.2, 0.25) is 5.02 Å². The molecule has 0 aliphatic carbocycles. The molecule has 0 saturated heterocycles. The topological polar surface area (TPSA) is 57.7 Å². The summed E-state index contributed by atoms with van der Waals surface area (Å²) in [5, 5.41) is 1.43. The van der Waals surface area contributed by atoms with E-state index in [4.69, 9.17) is 25.8 Å². The van der Waals surface area contributed by atoms with Crippen molar-refractivity contribution in [3.05, 3.63) is 58.7 Å². The number of aromatic nitrogens is 1. The molecular formula is C22H20ClNO4. The zero-order valence-electron chi connectivity index (χ0n) is 15.9. The van der Waals surface area contributed by atoms with E-state index >= 15 is 0 Å². The molecule has 0 atom stereocenters. The highest BCUT2D eigenvalue weighted by atomic mass is 35.5. The van der Waals surface area contributed by atoms with Crippen molar-refractivity contribution in [2.24, 2.45) is 0 Å². The maximum atomic E-state index is 11.7. The van der Waals surface area contributed by atoms with Crippen LogP contribution >= 0.6 is 11.6 Å². The van der Waals surface area contributed by atoms with Crippen molar-refractivity contribution in [1.29, 1.82) is 0 Å². The first-order valence-corrected chi connectivity index (χ1v) is 9.13. The number of hydrogen-bond acceptors (Lipinski definition) is 5. The van der Waals surface area contributed by atoms with Gasteiger partial charge in [0.1, 0.15) is 5.52 Å². The van der Waals surface area contributed by atoms with Gasteiger partial charge in [0, 0.05) is 17.9 Å². The number of ether oxygens (including phenoxy) is 3. The van der Waals surface area contributed by atoms with E-state index in [1.54, 1.807) is 39.3 Å². The molecule has 0 aliphatic heterocycles. The number of hydrogen-bond donors (Lipinski definition) is 0. The first-order valence-electron chi connectivity index (χ1n) is 8.75. The molecule has 144 valence electrons. The minimum Gasteiger partial charge on any atom is -0.493 e. The summed E-state index contributed by atoms with van der Waals surface area (Å²) in [6, 6.07) is 12.8. The van der Waals surface area contributed by atoms with Crippen molar-refractivity contribution >= 4 is 40.6 Å². The molecule has 0 unspecified atom stereocenters. The van der Waals surface area contributed by atoms with Crippen LogP contribution in [-0.4, -0.2) is 25.2 Å². The monoisotopic (exact) mass is 397 g/mol. The van der Waals surface area contributed by atoms with Crippen molar-refractivity contribution in [3.63, 3.8) is 0 Å². The Balaban J connectivity index is 1.96. The van der Waals surface area contributed by atoms with Gasteiger partial charge in [-0.3, -0.25) is 4.79 Å². The molecule has 0 fully saturated rings. The molecule has 1 heterocycles. The van der Waals surface area contributed by atoms with Gasteiger partial charge in [-0.15, -0.1) is 0 Å². The molecule has 2 aromatic carbocycles. The molecule has 0 saturated carbocycles. The van der Waals surface area contributed by atoms with Crippen LogP contribution in [0.1, 0.15) is 24.6 Å². The molecule has 28 heavy (non-hydrogen) atoms. The number of carbonyl (C=O) groups is 1. The quantitative estimate of drug-likeness (QED) is 0.412. The number of nitrogens with zero attached hydrogens (tertiary/aromatic N) is 1. The van der Waals surface area contributed by atoms with Crippen molar-refractivity contribution in [3.8, 4) is 17.2 Å². The van der Waals surface area contributed by atoms with Crippen LogP contribution in [0, 0.1) is 0 Å². The lowest BCUT2D eigenvalue weighted by Crippen LogP contribution is -2.06. The maximum Gasteiger partial charge on any atom is 0.310 e. The fourth-order valence-corrected chi connectivity index (χ4v) is 2.89. The number of rotatable bonds is 6. The zero-order chi connectivity index (χ0) is 20.1. The summed E-state index contributed by atoms with van der Waals surface area (Å²) in [5.41, 5.74) is 2.11. The fourth-order valence-electron chi connectivity index (χ4n) is 2.68. The number of pyridine rings is 1. The summed E-state index contributed by atoms with van der Waals surface area (Å²) in [5.74, 6) is 1.30. The van der Waals surface area contributed by atoms with Gasteiger partial charge in [0.05, 0.1) is 24.9 Å². The molecule has 6 heteroatoms. The largest absolute Gasteiger partial charge is 0.493 e. The minimum atomic E-state index is -0.299. The van der Waals surface area contributed by atoms with E-state index in [1.807, 2.05) is 36.4 Å². The Hall–Kier alpha value is -3.05. The Labute approximate surface area is 168 Å². The highest BCUT2D eigenvalue weighted by molar-refractivity contribution is 6.32. The van der Waals surface area contributed by atoms with Crippen LogP contribution in [0.15, 0.2) is 42.5 Å². The summed E-state index contributed by atoms with van der Waals surface area (Å²) in [6.45, 7) is 1.75. The van der Waals surface area contributed by atoms with Crippen LogP contribution in [0.3, 0.4) is 0 Å². The molecule has 0 radical (unpaired) electrons. The molecule has 0 N–H and O–H groups in total. The third-order valence-electron chi connectivity index (χ3n) is 4.15. The summed E-state index contributed by atoms with van der Waals surface area (Å²) >= 11 is 6.33. The summed E-state index contributed by atoms with van der Waals surface area (Å²) in [4.78, 5) is 16.3. The SMILES string of the molecule is CCC(=O)Oc1cccc2ccc(/C=C/c3cc(OC)c(OC)cc3Cl)nc12. The van der Waals surface area contributed by atoms with Crippen LogP contribution in [0.5, 0.6) is 17.2 Å². The second kappa shape index (κ2) is 8.76. The van der Waals surface area contributed by atoms with Gasteiger partial charge in [0.2, 0.25) is 0 Å². The van der Waals surface area contributed by atoms with Crippen LogP contribution in [0.25, 0.3) is 23.1 Å². The first kappa shape index (κ1) is 19.7. The van der Waals surface area contributed by atoms with E-state index in [-0.39, 0.29) is 5.97 Å². The van der Waals surface area contributed by atoms with E-state index in [0.717, 1.165) is 10.9 Å². The van der Waals surface area contributed by atoms with E-state index in [1.165, 1.54) is 0 Å². The van der Waals surface area contributed by atoms with Crippen LogP contribution in [0.4, 0.5) is 0 Å². The molecule has 0 spiro atoms. The number of benzene rings is 2. The zero-order valence-corrected chi connectivity index (χ0v) is 16.6. The average Bonchev–Trinajstić information content (AvgIpc) is 2.72. The van der Waals surface area contributed by atoms with Crippen molar-refractivity contribution in [1.82, 2.24) is 4.98 Å². The number of carbonyl (C=O) groups excluding carboxylic acids is 1. The number of esters is 1. The predicted octanol–water partition coefficient (Wildman–Crippen LogP) is 5.39. The first-order chi connectivity index (χ1) is 13.5. The minimum absolute atomic E-state index is 0.299. The van der Waals surface area contributed by atoms with Crippen molar-refractivity contribution in [2.45, 2.75) is 13.3 Å². The van der Waals surface area contributed by atoms with Gasteiger partial charge in [-0.1, -0.05) is 42.8 Å². The highest BCUT2D eigenvalue weighted by Gasteiger charge is 2.10. The van der Waals surface area contributed by atoms with E-state index in [2.05, 4.69) is 4.98 Å². The lowest BCUT2D eigenvalue weighted by Gasteiger charge is -2.09. The predicted molar refractivity (Wildman–Crippen MR) is 111 cm³/mol. The normalized spacial score (nSPS) is 11.0. The Bertz CT molecular complexity index is 1050. The van der Waals surface area contributed by atoms with E-state index in [9.17, 15) is 4.79 Å². The Morgan fingerprint density at radius 2 is 1.79 bits per heavy atom. The number of para-hydroxylation sites is 1. The smallest absolute Gasteiger partial charge is 0.310 e. The molecule has 0 amide bonds. The van der Waals surface area contributed by atoms with Gasteiger partial charge < -0.3 is 14.2 Å². The van der Waals surface area contributed by atoms with Gasteiger partial charge in [0.25, 0.3) is 0 Å². The molecule has 1 aromatic heterocycles.